The van der Waals surface area contributed by atoms with Gasteiger partial charge in [0.25, 0.3) is 0 Å². The number of hydrogen-bond acceptors (Lipinski definition) is 7. The SMILES string of the molecule is CCO[C@H](C)c1nc(CN(C)[C@@H](C)c2nnc(C)o2)cs1. The molecule has 7 heteroatoms. The first-order valence-electron chi connectivity index (χ1n) is 7.07. The van der Waals surface area contributed by atoms with Gasteiger partial charge in [-0.1, -0.05) is 0 Å². The van der Waals surface area contributed by atoms with Gasteiger partial charge in [0.15, 0.2) is 0 Å². The lowest BCUT2D eigenvalue weighted by Gasteiger charge is -2.20. The van der Waals surface area contributed by atoms with Crippen LogP contribution in [0.2, 0.25) is 0 Å². The fourth-order valence-corrected chi connectivity index (χ4v) is 2.78. The monoisotopic (exact) mass is 310 g/mol. The minimum Gasteiger partial charge on any atom is -0.424 e. The van der Waals surface area contributed by atoms with Gasteiger partial charge in [0.1, 0.15) is 11.1 Å². The van der Waals surface area contributed by atoms with Crippen molar-refractivity contribution in [1.82, 2.24) is 20.1 Å². The molecule has 2 atom stereocenters. The maximum atomic E-state index is 5.57. The highest BCUT2D eigenvalue weighted by atomic mass is 32.1. The van der Waals surface area contributed by atoms with Gasteiger partial charge in [0.2, 0.25) is 11.8 Å². The van der Waals surface area contributed by atoms with Gasteiger partial charge in [-0.3, -0.25) is 4.90 Å². The largest absolute Gasteiger partial charge is 0.424 e. The van der Waals surface area contributed by atoms with E-state index in [-0.39, 0.29) is 12.1 Å². The Bertz CT molecular complexity index is 569. The zero-order chi connectivity index (χ0) is 15.4. The van der Waals surface area contributed by atoms with Crippen LogP contribution in [-0.4, -0.2) is 33.7 Å². The molecular formula is C14H22N4O2S. The molecule has 0 bridgehead atoms. The van der Waals surface area contributed by atoms with Crippen molar-refractivity contribution in [3.63, 3.8) is 0 Å². The van der Waals surface area contributed by atoms with Crippen molar-refractivity contribution >= 4 is 11.3 Å². The zero-order valence-corrected chi connectivity index (χ0v) is 14.0. The third-order valence-corrected chi connectivity index (χ3v) is 4.36. The molecule has 0 spiro atoms. The van der Waals surface area contributed by atoms with E-state index in [0.29, 0.717) is 18.4 Å². The molecule has 2 heterocycles. The van der Waals surface area contributed by atoms with Gasteiger partial charge < -0.3 is 9.15 Å². The first kappa shape index (κ1) is 16.1. The van der Waals surface area contributed by atoms with E-state index in [4.69, 9.17) is 9.15 Å². The number of nitrogens with zero attached hydrogens (tertiary/aromatic N) is 4. The average Bonchev–Trinajstić information content (AvgIpc) is 3.07. The number of aryl methyl sites for hydroxylation is 1. The van der Waals surface area contributed by atoms with Crippen LogP contribution in [0.1, 0.15) is 55.4 Å². The van der Waals surface area contributed by atoms with Gasteiger partial charge in [-0.15, -0.1) is 21.5 Å². The van der Waals surface area contributed by atoms with Crippen molar-refractivity contribution in [2.75, 3.05) is 13.7 Å². The molecular weight excluding hydrogens is 288 g/mol. The van der Waals surface area contributed by atoms with Crippen LogP contribution < -0.4 is 0 Å². The standard InChI is InChI=1S/C14H22N4O2S/c1-6-19-10(3)14-15-12(8-21-14)7-18(5)9(2)13-17-16-11(4)20-13/h8-10H,6-7H2,1-5H3/t9-,10+/m0/s1. The fourth-order valence-electron chi connectivity index (χ4n) is 1.96. The number of rotatable bonds is 7. The zero-order valence-electron chi connectivity index (χ0n) is 13.2. The Kier molecular flexibility index (Phi) is 5.44. The summed E-state index contributed by atoms with van der Waals surface area (Å²) in [5, 5.41) is 11.0. The van der Waals surface area contributed by atoms with Crippen molar-refractivity contribution in [2.24, 2.45) is 0 Å². The molecule has 0 saturated carbocycles. The van der Waals surface area contributed by atoms with Gasteiger partial charge >= 0.3 is 0 Å². The topological polar surface area (TPSA) is 64.3 Å². The molecule has 2 aromatic rings. The first-order chi connectivity index (χ1) is 10.0. The van der Waals surface area contributed by atoms with Crippen LogP contribution in [0.5, 0.6) is 0 Å². The molecule has 0 aliphatic rings. The van der Waals surface area contributed by atoms with E-state index >= 15 is 0 Å². The number of aromatic nitrogens is 3. The van der Waals surface area contributed by atoms with E-state index in [2.05, 4.69) is 25.5 Å². The Labute approximate surface area is 129 Å². The van der Waals surface area contributed by atoms with Gasteiger partial charge in [-0.25, -0.2) is 4.98 Å². The molecule has 21 heavy (non-hydrogen) atoms. The van der Waals surface area contributed by atoms with Crippen LogP contribution >= 0.6 is 11.3 Å². The molecule has 0 aliphatic carbocycles. The predicted molar refractivity (Wildman–Crippen MR) is 81.1 cm³/mol. The number of thiazole rings is 1. The predicted octanol–water partition coefficient (Wildman–Crippen LogP) is 3.13. The van der Waals surface area contributed by atoms with Crippen LogP contribution in [0, 0.1) is 6.92 Å². The second-order valence-corrected chi connectivity index (χ2v) is 5.91. The van der Waals surface area contributed by atoms with Crippen molar-refractivity contribution in [3.05, 3.63) is 27.9 Å². The highest BCUT2D eigenvalue weighted by molar-refractivity contribution is 7.09. The van der Waals surface area contributed by atoms with Crippen LogP contribution in [0.3, 0.4) is 0 Å². The highest BCUT2D eigenvalue weighted by Gasteiger charge is 2.19. The molecule has 0 unspecified atom stereocenters. The summed E-state index contributed by atoms with van der Waals surface area (Å²) < 4.78 is 11.0. The summed E-state index contributed by atoms with van der Waals surface area (Å²) in [5.41, 5.74) is 1.03. The minimum atomic E-state index is 0.0510. The van der Waals surface area contributed by atoms with E-state index in [0.717, 1.165) is 17.2 Å². The van der Waals surface area contributed by atoms with Crippen molar-refractivity contribution in [2.45, 2.75) is 46.4 Å². The molecule has 2 rings (SSSR count). The minimum absolute atomic E-state index is 0.0510. The quantitative estimate of drug-likeness (QED) is 0.783. The lowest BCUT2D eigenvalue weighted by atomic mass is 10.3. The normalized spacial score (nSPS) is 14.6. The molecule has 6 nitrogen and oxygen atoms in total. The lowest BCUT2D eigenvalue weighted by molar-refractivity contribution is 0.0759. The molecule has 0 N–H and O–H groups in total. The maximum Gasteiger partial charge on any atom is 0.233 e. The van der Waals surface area contributed by atoms with E-state index in [1.807, 2.05) is 27.8 Å². The van der Waals surface area contributed by atoms with Gasteiger partial charge in [0.05, 0.1) is 11.7 Å². The molecule has 0 saturated heterocycles. The molecule has 0 fully saturated rings. The van der Waals surface area contributed by atoms with Crippen LogP contribution in [0.15, 0.2) is 9.80 Å². The molecule has 0 radical (unpaired) electrons. The second-order valence-electron chi connectivity index (χ2n) is 5.03. The maximum absolute atomic E-state index is 5.57. The molecule has 0 amide bonds. The Balaban J connectivity index is 1.97. The Morgan fingerprint density at radius 2 is 2.14 bits per heavy atom. The Morgan fingerprint density at radius 1 is 1.38 bits per heavy atom. The van der Waals surface area contributed by atoms with Crippen molar-refractivity contribution < 1.29 is 9.15 Å². The number of ether oxygens (including phenoxy) is 1. The fraction of sp³-hybridized carbons (Fsp3) is 0.643. The molecule has 2 aromatic heterocycles. The summed E-state index contributed by atoms with van der Waals surface area (Å²) >= 11 is 1.64. The highest BCUT2D eigenvalue weighted by Crippen LogP contribution is 2.24. The summed E-state index contributed by atoms with van der Waals surface area (Å²) in [7, 11) is 2.02. The third-order valence-electron chi connectivity index (χ3n) is 3.31. The van der Waals surface area contributed by atoms with Gasteiger partial charge in [-0.05, 0) is 27.8 Å². The van der Waals surface area contributed by atoms with Gasteiger partial charge in [-0.2, -0.15) is 0 Å². The Morgan fingerprint density at radius 3 is 2.76 bits per heavy atom. The number of hydrogen-bond donors (Lipinski definition) is 0. The first-order valence-corrected chi connectivity index (χ1v) is 7.95. The van der Waals surface area contributed by atoms with E-state index in [1.54, 1.807) is 18.3 Å². The smallest absolute Gasteiger partial charge is 0.233 e. The van der Waals surface area contributed by atoms with Crippen molar-refractivity contribution in [3.8, 4) is 0 Å². The summed E-state index contributed by atoms with van der Waals surface area (Å²) in [6, 6.07) is 0.0562. The summed E-state index contributed by atoms with van der Waals surface area (Å²) in [5.74, 6) is 1.22. The van der Waals surface area contributed by atoms with Crippen molar-refractivity contribution in [1.29, 1.82) is 0 Å². The van der Waals surface area contributed by atoms with E-state index < -0.39 is 0 Å². The second kappa shape index (κ2) is 7.11. The Hall–Kier alpha value is -1.31. The average molecular weight is 310 g/mol. The van der Waals surface area contributed by atoms with Gasteiger partial charge in [0, 0.05) is 25.5 Å². The van der Waals surface area contributed by atoms with Crippen LogP contribution in [0.25, 0.3) is 0 Å². The van der Waals surface area contributed by atoms with E-state index in [9.17, 15) is 0 Å². The molecule has 0 aliphatic heterocycles. The summed E-state index contributed by atoms with van der Waals surface area (Å²) in [6.07, 6.45) is 0.0510. The van der Waals surface area contributed by atoms with Crippen LogP contribution in [0.4, 0.5) is 0 Å². The molecule has 0 aromatic carbocycles. The third kappa shape index (κ3) is 4.09. The molecule has 116 valence electrons. The van der Waals surface area contributed by atoms with Crippen LogP contribution in [-0.2, 0) is 11.3 Å². The van der Waals surface area contributed by atoms with E-state index in [1.165, 1.54) is 0 Å². The lowest BCUT2D eigenvalue weighted by Crippen LogP contribution is -2.22. The summed E-state index contributed by atoms with van der Waals surface area (Å²) in [4.78, 5) is 6.77. The summed E-state index contributed by atoms with van der Waals surface area (Å²) in [6.45, 7) is 9.29.